The maximum absolute atomic E-state index is 5.36. The molecule has 56 heavy (non-hydrogen) atoms. The van der Waals surface area contributed by atoms with Crippen LogP contribution in [0.2, 0.25) is 0 Å². The highest BCUT2D eigenvalue weighted by atomic mass is 32.1. The second-order valence-electron chi connectivity index (χ2n) is 14.6. The van der Waals surface area contributed by atoms with Crippen LogP contribution in [0.3, 0.4) is 0 Å². The van der Waals surface area contributed by atoms with E-state index in [0.29, 0.717) is 17.5 Å². The quantitative estimate of drug-likeness (QED) is 0.181. The van der Waals surface area contributed by atoms with E-state index in [2.05, 4.69) is 170 Å². The van der Waals surface area contributed by atoms with Crippen molar-refractivity contribution in [3.8, 4) is 67.5 Å². The van der Waals surface area contributed by atoms with Crippen LogP contribution in [0.5, 0.6) is 0 Å². The molecule has 260 valence electrons. The lowest BCUT2D eigenvalue weighted by atomic mass is 9.70. The third kappa shape index (κ3) is 4.30. The van der Waals surface area contributed by atoms with Gasteiger partial charge in [0.25, 0.3) is 0 Å². The third-order valence-electron chi connectivity index (χ3n) is 11.8. The Morgan fingerprint density at radius 1 is 0.321 bits per heavy atom. The Hall–Kier alpha value is -7.01. The topological polar surface area (TPSA) is 38.7 Å². The van der Waals surface area contributed by atoms with Crippen LogP contribution in [0.25, 0.3) is 87.7 Å². The fraction of sp³-hybridized carbons (Fsp3) is 0.0192. The molecule has 2 heterocycles. The molecule has 0 aliphatic heterocycles. The van der Waals surface area contributed by atoms with E-state index >= 15 is 0 Å². The molecule has 12 rings (SSSR count). The Labute approximate surface area is 328 Å². The highest BCUT2D eigenvalue weighted by Gasteiger charge is 2.52. The summed E-state index contributed by atoms with van der Waals surface area (Å²) in [5, 5.41) is 2.47. The van der Waals surface area contributed by atoms with Gasteiger partial charge in [-0.15, -0.1) is 11.3 Å². The van der Waals surface area contributed by atoms with Crippen LogP contribution in [0.1, 0.15) is 22.3 Å². The van der Waals surface area contributed by atoms with E-state index < -0.39 is 5.41 Å². The van der Waals surface area contributed by atoms with Gasteiger partial charge in [0.15, 0.2) is 17.5 Å². The van der Waals surface area contributed by atoms with Gasteiger partial charge in [-0.1, -0.05) is 176 Å². The van der Waals surface area contributed by atoms with Crippen molar-refractivity contribution in [3.63, 3.8) is 0 Å². The highest BCUT2D eigenvalue weighted by Crippen LogP contribution is 2.64. The minimum Gasteiger partial charge on any atom is -0.208 e. The summed E-state index contributed by atoms with van der Waals surface area (Å²) in [5.74, 6) is 1.97. The highest BCUT2D eigenvalue weighted by molar-refractivity contribution is 7.26. The van der Waals surface area contributed by atoms with Gasteiger partial charge >= 0.3 is 0 Å². The molecule has 0 N–H and O–H groups in total. The van der Waals surface area contributed by atoms with Crippen LogP contribution >= 0.6 is 11.3 Å². The molecule has 2 aliphatic carbocycles. The molecule has 0 amide bonds. The van der Waals surface area contributed by atoms with Crippen LogP contribution in [0.4, 0.5) is 0 Å². The van der Waals surface area contributed by atoms with Crippen molar-refractivity contribution >= 4 is 31.5 Å². The van der Waals surface area contributed by atoms with Gasteiger partial charge in [0, 0.05) is 36.9 Å². The van der Waals surface area contributed by atoms with Crippen molar-refractivity contribution in [3.05, 3.63) is 210 Å². The first-order valence-corrected chi connectivity index (χ1v) is 19.9. The maximum atomic E-state index is 5.36. The molecule has 0 radical (unpaired) electrons. The monoisotopic (exact) mass is 729 g/mol. The van der Waals surface area contributed by atoms with Gasteiger partial charge in [0.2, 0.25) is 0 Å². The molecular weight excluding hydrogens is 699 g/mol. The molecule has 0 bridgehead atoms. The summed E-state index contributed by atoms with van der Waals surface area (Å²) >= 11 is 1.79. The molecule has 2 aliphatic rings. The van der Waals surface area contributed by atoms with Gasteiger partial charge in [-0.3, -0.25) is 0 Å². The third-order valence-corrected chi connectivity index (χ3v) is 13.0. The van der Waals surface area contributed by atoms with Crippen molar-refractivity contribution < 1.29 is 0 Å². The summed E-state index contributed by atoms with van der Waals surface area (Å²) in [6.45, 7) is 0. The number of rotatable bonds is 4. The summed E-state index contributed by atoms with van der Waals surface area (Å²) in [4.78, 5) is 15.8. The number of fused-ring (bicyclic) bond motifs is 13. The van der Waals surface area contributed by atoms with Crippen molar-refractivity contribution in [2.24, 2.45) is 0 Å². The number of hydrogen-bond acceptors (Lipinski definition) is 4. The SMILES string of the molecule is c1ccc(-c2nc(-c3ccccc3-c3cccc4c3-c3ccccc3C43c4ccccc4-c4ccccc43)nc(-c3cccc4c3sc3ccccc34)n2)cc1. The van der Waals surface area contributed by atoms with Gasteiger partial charge in [0.1, 0.15) is 0 Å². The molecule has 8 aromatic carbocycles. The predicted octanol–water partition coefficient (Wildman–Crippen LogP) is 13.3. The lowest BCUT2D eigenvalue weighted by Crippen LogP contribution is -2.25. The second kappa shape index (κ2) is 12.0. The van der Waals surface area contributed by atoms with Crippen molar-refractivity contribution in [2.75, 3.05) is 0 Å². The Balaban J connectivity index is 1.12. The molecule has 1 spiro atoms. The number of aromatic nitrogens is 3. The molecular formula is C52H31N3S. The van der Waals surface area contributed by atoms with E-state index in [1.807, 2.05) is 18.2 Å². The van der Waals surface area contributed by atoms with Crippen molar-refractivity contribution in [2.45, 2.75) is 5.41 Å². The van der Waals surface area contributed by atoms with Gasteiger partial charge in [0.05, 0.1) is 5.41 Å². The van der Waals surface area contributed by atoms with Gasteiger partial charge < -0.3 is 0 Å². The standard InChI is InChI=1S/C52H31N3S/c1-2-16-32(17-3-1)49-53-50(55-51(54-49)41-26-14-25-38-36-21-9-13-31-46(36)56-48(38)41)39-22-5-4-18-33(39)37-24-15-30-45-47(37)40-23-8-12-29-44(40)52(45)42-27-10-6-19-34(42)35-20-7-11-28-43(35)52/h1-31H. The molecule has 4 heteroatoms. The van der Waals surface area contributed by atoms with Gasteiger partial charge in [-0.25, -0.2) is 15.0 Å². The lowest BCUT2D eigenvalue weighted by molar-refractivity contribution is 0.794. The first-order chi connectivity index (χ1) is 27.8. The van der Waals surface area contributed by atoms with Crippen molar-refractivity contribution in [1.82, 2.24) is 15.0 Å². The number of hydrogen-bond donors (Lipinski definition) is 0. The summed E-state index contributed by atoms with van der Waals surface area (Å²) < 4.78 is 2.43. The molecule has 0 saturated carbocycles. The molecule has 3 nitrogen and oxygen atoms in total. The van der Waals surface area contributed by atoms with Gasteiger partial charge in [-0.05, 0) is 67.8 Å². The zero-order valence-corrected chi connectivity index (χ0v) is 31.0. The summed E-state index contributed by atoms with van der Waals surface area (Å²) in [5.41, 5.74) is 15.2. The zero-order valence-electron chi connectivity index (χ0n) is 30.1. The summed E-state index contributed by atoms with van der Waals surface area (Å²) in [6.07, 6.45) is 0. The predicted molar refractivity (Wildman–Crippen MR) is 231 cm³/mol. The number of thiophene rings is 1. The summed E-state index contributed by atoms with van der Waals surface area (Å²) in [7, 11) is 0. The number of nitrogens with zero attached hydrogens (tertiary/aromatic N) is 3. The Morgan fingerprint density at radius 3 is 1.55 bits per heavy atom. The van der Waals surface area contributed by atoms with E-state index in [1.165, 1.54) is 70.2 Å². The van der Waals surface area contributed by atoms with Gasteiger partial charge in [-0.2, -0.15) is 0 Å². The van der Waals surface area contributed by atoms with Crippen LogP contribution in [-0.2, 0) is 5.41 Å². The van der Waals surface area contributed by atoms with E-state index in [-0.39, 0.29) is 0 Å². The zero-order chi connectivity index (χ0) is 36.8. The van der Waals surface area contributed by atoms with E-state index in [4.69, 9.17) is 15.0 Å². The Morgan fingerprint density at radius 2 is 0.804 bits per heavy atom. The maximum Gasteiger partial charge on any atom is 0.165 e. The Kier molecular flexibility index (Phi) is 6.72. The lowest BCUT2D eigenvalue weighted by Gasteiger charge is -2.30. The first kappa shape index (κ1) is 31.4. The van der Waals surface area contributed by atoms with Crippen LogP contribution in [0.15, 0.2) is 188 Å². The van der Waals surface area contributed by atoms with Crippen LogP contribution in [-0.4, -0.2) is 15.0 Å². The first-order valence-electron chi connectivity index (χ1n) is 19.0. The molecule has 2 aromatic heterocycles. The van der Waals surface area contributed by atoms with E-state index in [1.54, 1.807) is 11.3 Å². The smallest absolute Gasteiger partial charge is 0.165 e. The average Bonchev–Trinajstić information content (AvgIpc) is 3.91. The van der Waals surface area contributed by atoms with Crippen LogP contribution < -0.4 is 0 Å². The van der Waals surface area contributed by atoms with Crippen LogP contribution in [0, 0.1) is 0 Å². The fourth-order valence-electron chi connectivity index (χ4n) is 9.54. The fourth-order valence-corrected chi connectivity index (χ4v) is 10.7. The molecule has 0 atom stereocenters. The molecule has 0 unspecified atom stereocenters. The molecule has 10 aromatic rings. The second-order valence-corrected chi connectivity index (χ2v) is 15.7. The molecule has 0 saturated heterocycles. The minimum atomic E-state index is -0.423. The Bertz CT molecular complexity index is 3170. The van der Waals surface area contributed by atoms with E-state index in [0.717, 1.165) is 22.3 Å². The normalized spacial score (nSPS) is 13.1. The average molecular weight is 730 g/mol. The van der Waals surface area contributed by atoms with Crippen molar-refractivity contribution in [1.29, 1.82) is 0 Å². The van der Waals surface area contributed by atoms with E-state index in [9.17, 15) is 0 Å². The largest absolute Gasteiger partial charge is 0.208 e. The number of benzene rings is 8. The minimum absolute atomic E-state index is 0.423. The summed E-state index contributed by atoms with van der Waals surface area (Å²) in [6, 6.07) is 67.8. The molecule has 0 fully saturated rings.